The average Bonchev–Trinajstić information content (AvgIpc) is 2.98. The van der Waals surface area contributed by atoms with Gasteiger partial charge < -0.3 is 14.5 Å². The van der Waals surface area contributed by atoms with Gasteiger partial charge in [-0.2, -0.15) is 0 Å². The van der Waals surface area contributed by atoms with Gasteiger partial charge in [-0.1, -0.05) is 53.2 Å². The summed E-state index contributed by atoms with van der Waals surface area (Å²) in [7, 11) is -2.07. The third-order valence-corrected chi connectivity index (χ3v) is 12.3. The minimum atomic E-state index is -2.07. The van der Waals surface area contributed by atoms with E-state index in [4.69, 9.17) is 4.43 Å². The SMILES string of the molecule is Cc1ccc2[nH]c3ccc(O[Si](C(C)C)(C(C)C)C(C)C)c(CCO)c3c2c1. The standard InChI is InChI=1S/C24H35NO2Si/c1-15(2)28(16(3)4,17(5)6)27-23-11-10-22-24(19(23)12-13-26)20-14-18(7)8-9-21(20)25-22/h8-11,14-17,25-26H,12-13H2,1-7H3. The number of aryl methyl sites for hydroxylation is 1. The van der Waals surface area contributed by atoms with Gasteiger partial charge in [0.05, 0.1) is 0 Å². The minimum Gasteiger partial charge on any atom is -0.542 e. The molecule has 0 aliphatic carbocycles. The molecule has 2 aromatic carbocycles. The summed E-state index contributed by atoms with van der Waals surface area (Å²) < 4.78 is 7.04. The zero-order chi connectivity index (χ0) is 20.6. The van der Waals surface area contributed by atoms with Crippen molar-refractivity contribution < 1.29 is 9.53 Å². The van der Waals surface area contributed by atoms with E-state index in [0.717, 1.165) is 22.3 Å². The highest BCUT2D eigenvalue weighted by Gasteiger charge is 2.47. The number of aliphatic hydroxyl groups excluding tert-OH is 1. The summed E-state index contributed by atoms with van der Waals surface area (Å²) in [6, 6.07) is 10.8. The lowest BCUT2D eigenvalue weighted by Gasteiger charge is -2.42. The molecule has 0 saturated carbocycles. The van der Waals surface area contributed by atoms with Crippen molar-refractivity contribution in [2.45, 2.75) is 71.5 Å². The second-order valence-corrected chi connectivity index (χ2v) is 14.4. The lowest BCUT2D eigenvalue weighted by Crippen LogP contribution is -2.50. The lowest BCUT2D eigenvalue weighted by atomic mass is 10.0. The highest BCUT2D eigenvalue weighted by molar-refractivity contribution is 6.78. The van der Waals surface area contributed by atoms with E-state index in [2.05, 4.69) is 83.8 Å². The molecule has 0 unspecified atom stereocenters. The Morgan fingerprint density at radius 2 is 1.54 bits per heavy atom. The monoisotopic (exact) mass is 397 g/mol. The molecule has 3 aromatic rings. The number of aromatic nitrogens is 1. The molecule has 0 atom stereocenters. The Morgan fingerprint density at radius 1 is 0.929 bits per heavy atom. The van der Waals surface area contributed by atoms with E-state index in [1.807, 2.05) is 0 Å². The summed E-state index contributed by atoms with van der Waals surface area (Å²) in [5, 5.41) is 12.3. The number of hydrogen-bond acceptors (Lipinski definition) is 2. The maximum atomic E-state index is 9.84. The molecule has 0 spiro atoms. The van der Waals surface area contributed by atoms with Gasteiger partial charge in [0.1, 0.15) is 5.75 Å². The third kappa shape index (κ3) is 3.37. The fraction of sp³-hybridized carbons (Fsp3) is 0.500. The molecule has 152 valence electrons. The predicted octanol–water partition coefficient (Wildman–Crippen LogP) is 6.72. The summed E-state index contributed by atoms with van der Waals surface area (Å²) >= 11 is 0. The highest BCUT2D eigenvalue weighted by atomic mass is 28.4. The van der Waals surface area contributed by atoms with Crippen molar-refractivity contribution in [3.8, 4) is 5.75 Å². The molecule has 3 rings (SSSR count). The Kier molecular flexibility index (Phi) is 5.92. The van der Waals surface area contributed by atoms with Gasteiger partial charge >= 0.3 is 0 Å². The van der Waals surface area contributed by atoms with Gasteiger partial charge in [0.25, 0.3) is 8.32 Å². The Morgan fingerprint density at radius 3 is 2.11 bits per heavy atom. The minimum absolute atomic E-state index is 0.119. The molecular formula is C24H35NO2Si. The van der Waals surface area contributed by atoms with Gasteiger partial charge in [-0.3, -0.25) is 0 Å². The van der Waals surface area contributed by atoms with Crippen LogP contribution in [0, 0.1) is 6.92 Å². The first-order valence-electron chi connectivity index (χ1n) is 10.6. The van der Waals surface area contributed by atoms with E-state index in [1.54, 1.807) is 0 Å². The molecule has 0 radical (unpaired) electrons. The summed E-state index contributed by atoms with van der Waals surface area (Å²) in [6.45, 7) is 16.1. The smallest absolute Gasteiger partial charge is 0.258 e. The molecular weight excluding hydrogens is 362 g/mol. The van der Waals surface area contributed by atoms with Crippen molar-refractivity contribution in [3.63, 3.8) is 0 Å². The molecule has 1 heterocycles. The fourth-order valence-corrected chi connectivity index (χ4v) is 10.4. The van der Waals surface area contributed by atoms with Gasteiger partial charge in [-0.25, -0.2) is 0 Å². The van der Waals surface area contributed by atoms with Crippen LogP contribution >= 0.6 is 0 Å². The zero-order valence-electron chi connectivity index (χ0n) is 18.4. The maximum absolute atomic E-state index is 9.84. The first-order chi connectivity index (χ1) is 13.2. The fourth-order valence-electron chi connectivity index (χ4n) is 5.16. The number of hydrogen-bond donors (Lipinski definition) is 2. The molecule has 28 heavy (non-hydrogen) atoms. The largest absolute Gasteiger partial charge is 0.542 e. The van der Waals surface area contributed by atoms with Crippen LogP contribution < -0.4 is 4.43 Å². The Balaban J connectivity index is 2.27. The lowest BCUT2D eigenvalue weighted by molar-refractivity contribution is 0.298. The number of H-pyrrole nitrogens is 1. The average molecular weight is 398 g/mol. The third-order valence-electron chi connectivity index (χ3n) is 6.34. The van der Waals surface area contributed by atoms with E-state index in [1.165, 1.54) is 16.3 Å². The molecule has 3 nitrogen and oxygen atoms in total. The quantitative estimate of drug-likeness (QED) is 0.435. The number of aromatic amines is 1. The van der Waals surface area contributed by atoms with Crippen LogP contribution in [-0.2, 0) is 6.42 Å². The highest BCUT2D eigenvalue weighted by Crippen LogP contribution is 2.45. The van der Waals surface area contributed by atoms with E-state index in [0.29, 0.717) is 23.0 Å². The topological polar surface area (TPSA) is 45.2 Å². The first-order valence-corrected chi connectivity index (χ1v) is 12.7. The van der Waals surface area contributed by atoms with E-state index < -0.39 is 8.32 Å². The Labute approximate surface area is 170 Å². The van der Waals surface area contributed by atoms with Crippen molar-refractivity contribution in [2.24, 2.45) is 0 Å². The van der Waals surface area contributed by atoms with Gasteiger partial charge in [0.2, 0.25) is 0 Å². The van der Waals surface area contributed by atoms with E-state index in [9.17, 15) is 5.11 Å². The number of nitrogens with one attached hydrogen (secondary N) is 1. The zero-order valence-corrected chi connectivity index (χ0v) is 19.4. The number of benzene rings is 2. The van der Waals surface area contributed by atoms with Gasteiger partial charge in [-0.15, -0.1) is 0 Å². The number of fused-ring (bicyclic) bond motifs is 3. The van der Waals surface area contributed by atoms with Crippen molar-refractivity contribution >= 4 is 30.1 Å². The van der Waals surface area contributed by atoms with Crippen molar-refractivity contribution in [1.82, 2.24) is 4.98 Å². The molecule has 0 bridgehead atoms. The van der Waals surface area contributed by atoms with Gasteiger partial charge in [0, 0.05) is 34.0 Å². The van der Waals surface area contributed by atoms with Crippen LogP contribution in [0.5, 0.6) is 5.75 Å². The van der Waals surface area contributed by atoms with E-state index >= 15 is 0 Å². The molecule has 0 aliphatic heterocycles. The van der Waals surface area contributed by atoms with Crippen molar-refractivity contribution in [2.75, 3.05) is 6.61 Å². The Bertz CT molecular complexity index is 950. The molecule has 2 N–H and O–H groups in total. The van der Waals surface area contributed by atoms with Crippen LogP contribution in [-0.4, -0.2) is 25.0 Å². The predicted molar refractivity (Wildman–Crippen MR) is 123 cm³/mol. The number of rotatable bonds is 7. The molecule has 0 saturated heterocycles. The van der Waals surface area contributed by atoms with Crippen LogP contribution in [0.3, 0.4) is 0 Å². The first kappa shape index (κ1) is 20.9. The Hall–Kier alpha value is -1.78. The maximum Gasteiger partial charge on any atom is 0.258 e. The van der Waals surface area contributed by atoms with Crippen molar-refractivity contribution in [1.29, 1.82) is 0 Å². The number of aliphatic hydroxyl groups is 1. The molecule has 1 aromatic heterocycles. The summed E-state index contributed by atoms with van der Waals surface area (Å²) in [4.78, 5) is 3.54. The van der Waals surface area contributed by atoms with Crippen LogP contribution in [0.25, 0.3) is 21.8 Å². The summed E-state index contributed by atoms with van der Waals surface area (Å²) in [5.74, 6) is 0.965. The molecule has 4 heteroatoms. The van der Waals surface area contributed by atoms with Crippen molar-refractivity contribution in [3.05, 3.63) is 41.5 Å². The molecule has 0 aliphatic rings. The van der Waals surface area contributed by atoms with Crippen LogP contribution in [0.1, 0.15) is 52.7 Å². The van der Waals surface area contributed by atoms with Crippen LogP contribution in [0.15, 0.2) is 30.3 Å². The van der Waals surface area contributed by atoms with Gasteiger partial charge in [0.15, 0.2) is 0 Å². The molecule has 0 amide bonds. The van der Waals surface area contributed by atoms with E-state index in [-0.39, 0.29) is 6.61 Å². The van der Waals surface area contributed by atoms with Crippen LogP contribution in [0.2, 0.25) is 16.6 Å². The normalized spacial score (nSPS) is 12.8. The van der Waals surface area contributed by atoms with Crippen LogP contribution in [0.4, 0.5) is 0 Å². The van der Waals surface area contributed by atoms with Gasteiger partial charge in [-0.05, 0) is 54.2 Å². The summed E-state index contributed by atoms with van der Waals surface area (Å²) in [5.41, 5.74) is 6.15. The second-order valence-electron chi connectivity index (χ2n) is 9.03. The molecule has 0 fully saturated rings. The summed E-state index contributed by atoms with van der Waals surface area (Å²) in [6.07, 6.45) is 0.604. The second kappa shape index (κ2) is 7.92.